The van der Waals surface area contributed by atoms with Crippen molar-refractivity contribution in [1.29, 1.82) is 0 Å². The van der Waals surface area contributed by atoms with Crippen molar-refractivity contribution in [3.8, 4) is 11.5 Å². The molecule has 0 bridgehead atoms. The quantitative estimate of drug-likeness (QED) is 0.720. The van der Waals surface area contributed by atoms with E-state index in [0.29, 0.717) is 55.8 Å². The number of amides is 1. The van der Waals surface area contributed by atoms with Gasteiger partial charge in [-0.15, -0.1) is 0 Å². The van der Waals surface area contributed by atoms with Crippen LogP contribution in [0.2, 0.25) is 5.02 Å². The summed E-state index contributed by atoms with van der Waals surface area (Å²) in [6.07, 6.45) is 2.20. The summed E-state index contributed by atoms with van der Waals surface area (Å²) in [6, 6.07) is 4.92. The zero-order chi connectivity index (χ0) is 21.3. The third-order valence-corrected chi connectivity index (χ3v) is 7.42. The van der Waals surface area contributed by atoms with E-state index in [-0.39, 0.29) is 16.4 Å². The highest BCUT2D eigenvalue weighted by molar-refractivity contribution is 7.89. The van der Waals surface area contributed by atoms with Crippen molar-refractivity contribution in [2.75, 3.05) is 32.8 Å². The molecule has 1 aromatic carbocycles. The molecule has 0 saturated carbocycles. The van der Waals surface area contributed by atoms with Gasteiger partial charge >= 0.3 is 0 Å². The molecule has 2 aliphatic heterocycles. The van der Waals surface area contributed by atoms with Gasteiger partial charge in [-0.3, -0.25) is 4.79 Å². The summed E-state index contributed by atoms with van der Waals surface area (Å²) in [4.78, 5) is 12.5. The molecule has 1 N–H and O–H groups in total. The molecule has 8 nitrogen and oxygen atoms in total. The number of carbonyl (C=O) groups excluding carboxylic acids is 1. The number of hydrogen-bond donors (Lipinski definition) is 1. The molecule has 1 amide bonds. The summed E-state index contributed by atoms with van der Waals surface area (Å²) < 4.78 is 43.4. The summed E-state index contributed by atoms with van der Waals surface area (Å²) in [7, 11) is -3.64. The number of fused-ring (bicyclic) bond motifs is 1. The molecular weight excluding hydrogens is 432 g/mol. The number of rotatable bonds is 6. The van der Waals surface area contributed by atoms with Crippen LogP contribution in [-0.2, 0) is 16.4 Å². The van der Waals surface area contributed by atoms with E-state index in [1.54, 1.807) is 13.0 Å². The van der Waals surface area contributed by atoms with E-state index in [9.17, 15) is 13.2 Å². The molecule has 4 rings (SSSR count). The van der Waals surface area contributed by atoms with Crippen molar-refractivity contribution in [3.63, 3.8) is 0 Å². The zero-order valence-corrected chi connectivity index (χ0v) is 18.1. The van der Waals surface area contributed by atoms with Crippen LogP contribution in [0, 0.1) is 6.92 Å². The number of halogens is 1. The van der Waals surface area contributed by atoms with Gasteiger partial charge < -0.3 is 19.2 Å². The second-order valence-electron chi connectivity index (χ2n) is 7.25. The molecule has 0 radical (unpaired) electrons. The summed E-state index contributed by atoms with van der Waals surface area (Å²) in [5, 5.41) is 3.22. The number of sulfonamides is 1. The van der Waals surface area contributed by atoms with Crippen molar-refractivity contribution in [1.82, 2.24) is 9.62 Å². The SMILES string of the molecule is Cc1oc(C(=O)NCCc2cc(Cl)c3c(c2)OCCO3)cc1S(=O)(=O)N1CCCC1. The first-order chi connectivity index (χ1) is 14.4. The van der Waals surface area contributed by atoms with Gasteiger partial charge in [0.25, 0.3) is 5.91 Å². The standard InChI is InChI=1S/C20H23ClN2O6S/c1-13-18(30(25,26)23-6-2-3-7-23)12-17(29-13)20(24)22-5-4-14-10-15(21)19-16(11-14)27-8-9-28-19/h10-12H,2-9H2,1H3,(H,22,24). The second kappa shape index (κ2) is 8.49. The van der Waals surface area contributed by atoms with Crippen molar-refractivity contribution in [2.24, 2.45) is 0 Å². The van der Waals surface area contributed by atoms with E-state index in [4.69, 9.17) is 25.5 Å². The number of nitrogens with one attached hydrogen (secondary N) is 1. The molecule has 3 heterocycles. The number of ether oxygens (including phenoxy) is 2. The largest absolute Gasteiger partial charge is 0.486 e. The van der Waals surface area contributed by atoms with Crippen LogP contribution in [0.3, 0.4) is 0 Å². The smallest absolute Gasteiger partial charge is 0.287 e. The Labute approximate surface area is 180 Å². The van der Waals surface area contributed by atoms with Crippen LogP contribution in [0.1, 0.15) is 34.7 Å². The van der Waals surface area contributed by atoms with E-state index in [1.807, 2.05) is 6.07 Å². The summed E-state index contributed by atoms with van der Waals surface area (Å²) in [5.74, 6) is 0.850. The van der Waals surface area contributed by atoms with Crippen LogP contribution < -0.4 is 14.8 Å². The molecule has 0 atom stereocenters. The first-order valence-corrected chi connectivity index (χ1v) is 11.6. The molecule has 10 heteroatoms. The van der Waals surface area contributed by atoms with E-state index < -0.39 is 15.9 Å². The number of nitrogens with zero attached hydrogens (tertiary/aromatic N) is 1. The maximum absolute atomic E-state index is 12.7. The third kappa shape index (κ3) is 4.14. The minimum atomic E-state index is -3.64. The van der Waals surface area contributed by atoms with Crippen LogP contribution in [0.5, 0.6) is 11.5 Å². The Hall–Kier alpha value is -2.23. The lowest BCUT2D eigenvalue weighted by Gasteiger charge is -2.20. The fourth-order valence-electron chi connectivity index (χ4n) is 3.62. The highest BCUT2D eigenvalue weighted by Gasteiger charge is 2.31. The fraction of sp³-hybridized carbons (Fsp3) is 0.450. The molecule has 2 aliphatic rings. The lowest BCUT2D eigenvalue weighted by atomic mass is 10.1. The molecular formula is C20H23ClN2O6S. The average Bonchev–Trinajstić information content (AvgIpc) is 3.38. The molecule has 2 aromatic rings. The van der Waals surface area contributed by atoms with Crippen LogP contribution in [0.4, 0.5) is 0 Å². The van der Waals surface area contributed by atoms with Gasteiger partial charge in [-0.25, -0.2) is 8.42 Å². The van der Waals surface area contributed by atoms with Gasteiger partial charge in [0.05, 0.1) is 5.02 Å². The summed E-state index contributed by atoms with van der Waals surface area (Å²) in [5.41, 5.74) is 0.887. The maximum atomic E-state index is 12.7. The van der Waals surface area contributed by atoms with E-state index in [2.05, 4.69) is 5.32 Å². The molecule has 1 saturated heterocycles. The monoisotopic (exact) mass is 454 g/mol. The topological polar surface area (TPSA) is 98.1 Å². The van der Waals surface area contributed by atoms with Gasteiger partial charge in [0.15, 0.2) is 17.3 Å². The predicted molar refractivity (Wildman–Crippen MR) is 110 cm³/mol. The van der Waals surface area contributed by atoms with Gasteiger partial charge in [-0.2, -0.15) is 4.31 Å². The van der Waals surface area contributed by atoms with Crippen LogP contribution >= 0.6 is 11.6 Å². The molecule has 0 aliphatic carbocycles. The lowest BCUT2D eigenvalue weighted by molar-refractivity contribution is 0.0925. The van der Waals surface area contributed by atoms with Gasteiger partial charge in [0.1, 0.15) is 23.9 Å². The zero-order valence-electron chi connectivity index (χ0n) is 16.6. The Kier molecular flexibility index (Phi) is 5.95. The lowest BCUT2D eigenvalue weighted by Crippen LogP contribution is -2.28. The predicted octanol–water partition coefficient (Wildman–Crippen LogP) is 2.77. The molecule has 1 aromatic heterocycles. The molecule has 30 heavy (non-hydrogen) atoms. The molecule has 0 spiro atoms. The number of furan rings is 1. The highest BCUT2D eigenvalue weighted by atomic mass is 35.5. The number of benzene rings is 1. The number of carbonyl (C=O) groups is 1. The molecule has 1 fully saturated rings. The van der Waals surface area contributed by atoms with E-state index in [1.165, 1.54) is 10.4 Å². The Balaban J connectivity index is 1.40. The van der Waals surface area contributed by atoms with Crippen LogP contribution in [0.15, 0.2) is 27.5 Å². The van der Waals surface area contributed by atoms with Gasteiger partial charge in [-0.1, -0.05) is 11.6 Å². The van der Waals surface area contributed by atoms with Crippen LogP contribution in [-0.4, -0.2) is 51.5 Å². The number of aryl methyl sites for hydroxylation is 1. The van der Waals surface area contributed by atoms with Gasteiger partial charge in [0, 0.05) is 25.7 Å². The van der Waals surface area contributed by atoms with Crippen molar-refractivity contribution >= 4 is 27.5 Å². The fourth-order valence-corrected chi connectivity index (χ4v) is 5.58. The first-order valence-electron chi connectivity index (χ1n) is 9.83. The summed E-state index contributed by atoms with van der Waals surface area (Å²) in [6.45, 7) is 3.78. The molecule has 162 valence electrons. The van der Waals surface area contributed by atoms with E-state index >= 15 is 0 Å². The van der Waals surface area contributed by atoms with Crippen LogP contribution in [0.25, 0.3) is 0 Å². The van der Waals surface area contributed by atoms with Crippen molar-refractivity contribution < 1.29 is 27.1 Å². The Bertz CT molecular complexity index is 1060. The number of hydrogen-bond acceptors (Lipinski definition) is 6. The minimum absolute atomic E-state index is 0.0227. The Morgan fingerprint density at radius 1 is 1.17 bits per heavy atom. The molecule has 0 unspecified atom stereocenters. The first kappa shape index (κ1) is 21.0. The normalized spacial score (nSPS) is 16.6. The van der Waals surface area contributed by atoms with Gasteiger partial charge in [-0.05, 0) is 43.9 Å². The second-order valence-corrected chi connectivity index (χ2v) is 9.56. The maximum Gasteiger partial charge on any atom is 0.287 e. The summed E-state index contributed by atoms with van der Waals surface area (Å²) >= 11 is 6.23. The van der Waals surface area contributed by atoms with Crippen molar-refractivity contribution in [2.45, 2.75) is 31.1 Å². The minimum Gasteiger partial charge on any atom is -0.486 e. The Morgan fingerprint density at radius 2 is 1.90 bits per heavy atom. The highest BCUT2D eigenvalue weighted by Crippen LogP contribution is 2.38. The van der Waals surface area contributed by atoms with Gasteiger partial charge in [0.2, 0.25) is 10.0 Å². The third-order valence-electron chi connectivity index (χ3n) is 5.13. The average molecular weight is 455 g/mol. The van der Waals surface area contributed by atoms with E-state index in [0.717, 1.165) is 18.4 Å². The Morgan fingerprint density at radius 3 is 2.67 bits per heavy atom. The van der Waals surface area contributed by atoms with Crippen molar-refractivity contribution in [3.05, 3.63) is 40.3 Å².